The molecule has 1 saturated carbocycles. The first-order valence-corrected chi connectivity index (χ1v) is 6.68. The van der Waals surface area contributed by atoms with E-state index < -0.39 is 11.6 Å². The molecule has 1 aromatic carbocycles. The number of nitriles is 1. The van der Waals surface area contributed by atoms with E-state index in [1.807, 2.05) is 6.07 Å². The number of amides is 1. The van der Waals surface area contributed by atoms with Gasteiger partial charge in [0.25, 0.3) is 5.91 Å². The Hall–Kier alpha value is -2.06. The van der Waals surface area contributed by atoms with Crippen LogP contribution in [0.3, 0.4) is 0 Å². The van der Waals surface area contributed by atoms with Crippen molar-refractivity contribution in [2.24, 2.45) is 0 Å². The molecule has 0 saturated heterocycles. The molecule has 1 amide bonds. The molecule has 2 rings (SSSR count). The highest BCUT2D eigenvalue weighted by atomic mass is 16.5. The number of rotatable bonds is 5. The summed E-state index contributed by atoms with van der Waals surface area (Å²) in [6.45, 7) is 1.62. The quantitative estimate of drug-likeness (QED) is 0.849. The van der Waals surface area contributed by atoms with Gasteiger partial charge in [0, 0.05) is 0 Å². The summed E-state index contributed by atoms with van der Waals surface area (Å²) in [5.41, 5.74) is 0.0856. The summed E-state index contributed by atoms with van der Waals surface area (Å²) in [6, 6.07) is 8.62. The van der Waals surface area contributed by atoms with E-state index in [0.717, 1.165) is 19.3 Å². The molecule has 0 aliphatic heterocycles. The largest absolute Gasteiger partial charge is 0.481 e. The van der Waals surface area contributed by atoms with Crippen LogP contribution in [0.5, 0.6) is 5.75 Å². The highest BCUT2D eigenvalue weighted by Crippen LogP contribution is 2.31. The maximum absolute atomic E-state index is 12.0. The molecule has 1 aliphatic carbocycles. The first-order valence-electron chi connectivity index (χ1n) is 6.68. The van der Waals surface area contributed by atoms with Crippen molar-refractivity contribution in [1.82, 2.24) is 5.32 Å². The maximum Gasteiger partial charge on any atom is 0.261 e. The van der Waals surface area contributed by atoms with Crippen molar-refractivity contribution in [2.75, 3.05) is 6.61 Å². The third kappa shape index (κ3) is 3.09. The van der Waals surface area contributed by atoms with Crippen LogP contribution in [0.25, 0.3) is 0 Å². The zero-order valence-electron chi connectivity index (χ0n) is 11.4. The molecular formula is C15H18N2O3. The van der Waals surface area contributed by atoms with Crippen LogP contribution < -0.4 is 10.1 Å². The molecule has 106 valence electrons. The molecule has 1 aromatic rings. The number of ether oxygens (including phenoxy) is 1. The summed E-state index contributed by atoms with van der Waals surface area (Å²) >= 11 is 0. The fourth-order valence-corrected chi connectivity index (χ4v) is 2.15. The number of nitrogens with one attached hydrogen (secondary N) is 1. The van der Waals surface area contributed by atoms with E-state index in [1.54, 1.807) is 31.2 Å². The molecule has 5 heteroatoms. The van der Waals surface area contributed by atoms with Crippen molar-refractivity contribution < 1.29 is 14.6 Å². The lowest BCUT2D eigenvalue weighted by Crippen LogP contribution is -2.58. The first-order chi connectivity index (χ1) is 9.58. The van der Waals surface area contributed by atoms with Gasteiger partial charge in [-0.15, -0.1) is 0 Å². The predicted molar refractivity (Wildman–Crippen MR) is 73.1 cm³/mol. The number of aliphatic hydroxyl groups excluding tert-OH is 1. The van der Waals surface area contributed by atoms with Crippen LogP contribution >= 0.6 is 0 Å². The SMILES string of the molecule is CC(Oc1ccc(C#N)cc1)C(=O)NC1(CO)CCC1. The molecule has 0 spiro atoms. The smallest absolute Gasteiger partial charge is 0.261 e. The van der Waals surface area contributed by atoms with Gasteiger partial charge in [0.2, 0.25) is 0 Å². The molecule has 0 bridgehead atoms. The third-order valence-corrected chi connectivity index (χ3v) is 3.67. The van der Waals surface area contributed by atoms with E-state index >= 15 is 0 Å². The normalized spacial score (nSPS) is 17.4. The molecule has 1 fully saturated rings. The first kappa shape index (κ1) is 14.4. The van der Waals surface area contributed by atoms with Gasteiger partial charge in [-0.25, -0.2) is 0 Å². The summed E-state index contributed by atoms with van der Waals surface area (Å²) in [7, 11) is 0. The predicted octanol–water partition coefficient (Wildman–Crippen LogP) is 1.36. The Balaban J connectivity index is 1.91. The Morgan fingerprint density at radius 1 is 1.50 bits per heavy atom. The number of carbonyl (C=O) groups is 1. The zero-order valence-corrected chi connectivity index (χ0v) is 11.4. The second kappa shape index (κ2) is 5.93. The molecule has 1 unspecified atom stereocenters. The van der Waals surface area contributed by atoms with E-state index in [2.05, 4.69) is 5.32 Å². The summed E-state index contributed by atoms with van der Waals surface area (Å²) in [5, 5.41) is 20.9. The lowest BCUT2D eigenvalue weighted by Gasteiger charge is -2.41. The summed E-state index contributed by atoms with van der Waals surface area (Å²) in [4.78, 5) is 12.0. The molecule has 0 aromatic heterocycles. The molecule has 1 aliphatic rings. The van der Waals surface area contributed by atoms with Crippen LogP contribution in [0.15, 0.2) is 24.3 Å². The van der Waals surface area contributed by atoms with Crippen molar-refractivity contribution in [3.8, 4) is 11.8 Å². The van der Waals surface area contributed by atoms with E-state index in [1.165, 1.54) is 0 Å². The fraction of sp³-hybridized carbons (Fsp3) is 0.467. The van der Waals surface area contributed by atoms with Gasteiger partial charge in [-0.3, -0.25) is 4.79 Å². The van der Waals surface area contributed by atoms with Crippen molar-refractivity contribution in [2.45, 2.75) is 37.8 Å². The van der Waals surface area contributed by atoms with Crippen LogP contribution in [0.1, 0.15) is 31.7 Å². The van der Waals surface area contributed by atoms with Crippen molar-refractivity contribution >= 4 is 5.91 Å². The topological polar surface area (TPSA) is 82.3 Å². The van der Waals surface area contributed by atoms with Gasteiger partial charge in [0.15, 0.2) is 6.10 Å². The summed E-state index contributed by atoms with van der Waals surface area (Å²) < 4.78 is 5.53. The molecule has 0 radical (unpaired) electrons. The van der Waals surface area contributed by atoms with Crippen LogP contribution in [0, 0.1) is 11.3 Å². The number of hydrogen-bond acceptors (Lipinski definition) is 4. The Kier molecular flexibility index (Phi) is 4.26. The molecular weight excluding hydrogens is 256 g/mol. The molecule has 20 heavy (non-hydrogen) atoms. The average molecular weight is 274 g/mol. The van der Waals surface area contributed by atoms with Crippen LogP contribution in [-0.2, 0) is 4.79 Å². The Labute approximate surface area is 118 Å². The molecule has 0 heterocycles. The maximum atomic E-state index is 12.0. The van der Waals surface area contributed by atoms with E-state index in [-0.39, 0.29) is 12.5 Å². The number of hydrogen-bond donors (Lipinski definition) is 2. The van der Waals surface area contributed by atoms with Gasteiger partial charge in [-0.2, -0.15) is 5.26 Å². The minimum Gasteiger partial charge on any atom is -0.481 e. The van der Waals surface area contributed by atoms with Gasteiger partial charge in [0.05, 0.1) is 23.8 Å². The number of carbonyl (C=O) groups excluding carboxylic acids is 1. The highest BCUT2D eigenvalue weighted by Gasteiger charge is 2.38. The van der Waals surface area contributed by atoms with E-state index in [9.17, 15) is 9.90 Å². The molecule has 2 N–H and O–H groups in total. The van der Waals surface area contributed by atoms with Gasteiger partial charge in [0.1, 0.15) is 5.75 Å². The Morgan fingerprint density at radius 3 is 2.60 bits per heavy atom. The van der Waals surface area contributed by atoms with Crippen LogP contribution in [0.2, 0.25) is 0 Å². The fourth-order valence-electron chi connectivity index (χ4n) is 2.15. The minimum atomic E-state index is -0.646. The van der Waals surface area contributed by atoms with Crippen LogP contribution in [-0.4, -0.2) is 29.3 Å². The van der Waals surface area contributed by atoms with Gasteiger partial charge < -0.3 is 15.2 Å². The van der Waals surface area contributed by atoms with Crippen molar-refractivity contribution in [1.29, 1.82) is 5.26 Å². The number of benzene rings is 1. The molecule has 5 nitrogen and oxygen atoms in total. The lowest BCUT2D eigenvalue weighted by molar-refractivity contribution is -0.131. The minimum absolute atomic E-state index is 0.0394. The highest BCUT2D eigenvalue weighted by molar-refractivity contribution is 5.81. The average Bonchev–Trinajstić information content (AvgIpc) is 2.43. The Morgan fingerprint density at radius 2 is 2.15 bits per heavy atom. The van der Waals surface area contributed by atoms with Gasteiger partial charge in [-0.1, -0.05) is 0 Å². The zero-order chi connectivity index (χ0) is 14.6. The van der Waals surface area contributed by atoms with Crippen molar-refractivity contribution in [3.63, 3.8) is 0 Å². The third-order valence-electron chi connectivity index (χ3n) is 3.67. The number of aliphatic hydroxyl groups is 1. The second-order valence-electron chi connectivity index (χ2n) is 5.18. The monoisotopic (exact) mass is 274 g/mol. The number of nitrogens with zero attached hydrogens (tertiary/aromatic N) is 1. The van der Waals surface area contributed by atoms with Gasteiger partial charge in [-0.05, 0) is 50.5 Å². The Bertz CT molecular complexity index is 509. The summed E-state index contributed by atoms with van der Waals surface area (Å²) in [5.74, 6) is 0.307. The standard InChI is InChI=1S/C15H18N2O3/c1-11(14(19)17-15(10-18)7-2-8-15)20-13-5-3-12(9-16)4-6-13/h3-6,11,18H,2,7-8,10H2,1H3,(H,17,19). The lowest BCUT2D eigenvalue weighted by atomic mass is 9.77. The second-order valence-corrected chi connectivity index (χ2v) is 5.18. The van der Waals surface area contributed by atoms with Crippen LogP contribution in [0.4, 0.5) is 0 Å². The summed E-state index contributed by atoms with van der Waals surface area (Å²) in [6.07, 6.45) is 1.98. The molecule has 1 atom stereocenters. The van der Waals surface area contributed by atoms with E-state index in [4.69, 9.17) is 10.00 Å². The van der Waals surface area contributed by atoms with Crippen molar-refractivity contribution in [3.05, 3.63) is 29.8 Å². The van der Waals surface area contributed by atoms with E-state index in [0.29, 0.717) is 11.3 Å². The van der Waals surface area contributed by atoms with Gasteiger partial charge >= 0.3 is 0 Å².